The van der Waals surface area contributed by atoms with Crippen LogP contribution in [0.1, 0.15) is 73.9 Å². The summed E-state index contributed by atoms with van der Waals surface area (Å²) >= 11 is 6.61. The molecule has 0 unspecified atom stereocenters. The highest BCUT2D eigenvalue weighted by Gasteiger charge is 2.29. The Kier molecular flexibility index (Phi) is 10.4. The predicted molar refractivity (Wildman–Crippen MR) is 171 cm³/mol. The third-order valence-electron chi connectivity index (χ3n) is 7.16. The Morgan fingerprint density at radius 2 is 1.77 bits per heavy atom. The van der Waals surface area contributed by atoms with Crippen LogP contribution < -0.4 is 15.7 Å². The molecule has 11 heteroatoms. The van der Waals surface area contributed by atoms with Gasteiger partial charge in [-0.3, -0.25) is 9.36 Å². The molecule has 234 valence electrons. The Hall–Kier alpha value is -4.31. The lowest BCUT2D eigenvalue weighted by Gasteiger charge is -2.33. The fourth-order valence-electron chi connectivity index (χ4n) is 5.08. The van der Waals surface area contributed by atoms with Crippen LogP contribution in [0.2, 0.25) is 5.02 Å². The molecule has 2 amide bonds. The number of methoxy groups -OCH3 is 1. The topological polar surface area (TPSA) is 107 Å². The maximum Gasteiger partial charge on any atom is 0.407 e. The van der Waals surface area contributed by atoms with Crippen LogP contribution in [-0.4, -0.2) is 56.9 Å². The molecule has 1 N–H and O–H groups in total. The van der Waals surface area contributed by atoms with Crippen LogP contribution >= 0.6 is 11.6 Å². The number of rotatable bonds is 11. The van der Waals surface area contributed by atoms with Gasteiger partial charge in [0.15, 0.2) is 0 Å². The number of alkyl carbamates (subject to hydrolysis) is 1. The maximum absolute atomic E-state index is 14.2. The first-order chi connectivity index (χ1) is 20.9. The van der Waals surface area contributed by atoms with Crippen molar-refractivity contribution in [3.63, 3.8) is 0 Å². The van der Waals surface area contributed by atoms with Crippen molar-refractivity contribution in [1.29, 1.82) is 0 Å². The van der Waals surface area contributed by atoms with Gasteiger partial charge in [0.2, 0.25) is 0 Å². The molecule has 0 bridgehead atoms. The van der Waals surface area contributed by atoms with E-state index in [0.717, 1.165) is 5.56 Å². The van der Waals surface area contributed by atoms with E-state index in [9.17, 15) is 14.4 Å². The van der Waals surface area contributed by atoms with Gasteiger partial charge in [-0.2, -0.15) is 9.61 Å². The molecular weight excluding hydrogens is 582 g/mol. The molecule has 2 aromatic heterocycles. The first-order valence-corrected chi connectivity index (χ1v) is 15.1. The summed E-state index contributed by atoms with van der Waals surface area (Å²) < 4.78 is 13.6. The van der Waals surface area contributed by atoms with Crippen LogP contribution in [0.4, 0.5) is 4.79 Å². The summed E-state index contributed by atoms with van der Waals surface area (Å²) in [5.41, 5.74) is 2.09. The van der Waals surface area contributed by atoms with E-state index < -0.39 is 17.7 Å². The summed E-state index contributed by atoms with van der Waals surface area (Å²) in [6, 6.07) is 17.9. The summed E-state index contributed by atoms with van der Waals surface area (Å²) in [6.07, 6.45) is 0.441. The molecular formula is C33H40ClN5O5. The summed E-state index contributed by atoms with van der Waals surface area (Å²) in [5, 5.41) is 7.56. The smallest absolute Gasteiger partial charge is 0.407 e. The van der Waals surface area contributed by atoms with Crippen molar-refractivity contribution >= 4 is 29.1 Å². The van der Waals surface area contributed by atoms with E-state index in [-0.39, 0.29) is 18.1 Å². The Balaban J connectivity index is 1.77. The molecule has 0 fully saturated rings. The minimum Gasteiger partial charge on any atom is -0.497 e. The number of hydrogen-bond acceptors (Lipinski definition) is 6. The van der Waals surface area contributed by atoms with Gasteiger partial charge in [0.05, 0.1) is 35.9 Å². The maximum atomic E-state index is 14.2. The highest BCUT2D eigenvalue weighted by atomic mass is 35.5. The first kappa shape index (κ1) is 32.6. The van der Waals surface area contributed by atoms with Crippen molar-refractivity contribution in [2.45, 2.75) is 65.6 Å². The average Bonchev–Trinajstić information content (AvgIpc) is 3.28. The fourth-order valence-corrected chi connectivity index (χ4v) is 5.25. The van der Waals surface area contributed by atoms with Crippen molar-refractivity contribution in [3.8, 4) is 5.75 Å². The zero-order valence-corrected chi connectivity index (χ0v) is 26.9. The molecule has 0 saturated heterocycles. The quantitative estimate of drug-likeness (QED) is 0.205. The average molecular weight is 622 g/mol. The van der Waals surface area contributed by atoms with Gasteiger partial charge in [-0.05, 0) is 76.4 Å². The SMILES string of the molecule is CC[C@H](c1cc2c(Cl)c(C)nn2c(=O)n1Cc1ccccc1)N(CCCNC(=O)OC(C)(C)C)C(=O)c1ccc(OC)cc1. The van der Waals surface area contributed by atoms with Gasteiger partial charge in [-0.15, -0.1) is 0 Å². The molecule has 10 nitrogen and oxygen atoms in total. The zero-order valence-electron chi connectivity index (χ0n) is 26.1. The van der Waals surface area contributed by atoms with Crippen LogP contribution in [-0.2, 0) is 11.3 Å². The van der Waals surface area contributed by atoms with Crippen LogP contribution in [0.15, 0.2) is 65.5 Å². The fraction of sp³-hybridized carbons (Fsp3) is 0.394. The lowest BCUT2D eigenvalue weighted by atomic mass is 10.0. The number of fused-ring (bicyclic) bond motifs is 1. The van der Waals surface area contributed by atoms with Crippen molar-refractivity contribution < 1.29 is 19.1 Å². The standard InChI is InChI=1S/C33H40ClN5O5/c1-7-26(27-20-28-29(34)22(2)36-39(28)32(42)38(27)21-23-12-9-8-10-13-23)37(19-11-18-35-31(41)44-33(3,4)5)30(40)24-14-16-25(43-6)17-15-24/h8-10,12-17,20,26H,7,11,18-19,21H2,1-6H3,(H,35,41)/t26-/m1/s1. The molecule has 4 rings (SSSR count). The van der Waals surface area contributed by atoms with Gasteiger partial charge in [-0.1, -0.05) is 48.9 Å². The number of aromatic nitrogens is 3. The summed E-state index contributed by atoms with van der Waals surface area (Å²) in [4.78, 5) is 42.1. The molecule has 0 aliphatic heterocycles. The minimum atomic E-state index is -0.623. The number of amides is 2. The molecule has 0 aliphatic rings. The first-order valence-electron chi connectivity index (χ1n) is 14.7. The Morgan fingerprint density at radius 1 is 1.09 bits per heavy atom. The van der Waals surface area contributed by atoms with Crippen LogP contribution in [0.25, 0.3) is 5.52 Å². The number of halogens is 1. The van der Waals surface area contributed by atoms with Crippen molar-refractivity contribution in [2.24, 2.45) is 0 Å². The summed E-state index contributed by atoms with van der Waals surface area (Å²) in [6.45, 7) is 10.0. The van der Waals surface area contributed by atoms with Gasteiger partial charge in [-0.25, -0.2) is 9.59 Å². The van der Waals surface area contributed by atoms with E-state index in [4.69, 9.17) is 21.1 Å². The highest BCUT2D eigenvalue weighted by molar-refractivity contribution is 6.34. The normalized spacial score (nSPS) is 12.2. The minimum absolute atomic E-state index is 0.217. The second-order valence-corrected chi connectivity index (χ2v) is 11.9. The van der Waals surface area contributed by atoms with Gasteiger partial charge in [0.1, 0.15) is 11.4 Å². The number of aryl methyl sites for hydroxylation is 1. The Bertz CT molecular complexity index is 1660. The predicted octanol–water partition coefficient (Wildman–Crippen LogP) is 6.02. The lowest BCUT2D eigenvalue weighted by Crippen LogP contribution is -2.41. The van der Waals surface area contributed by atoms with Gasteiger partial charge >= 0.3 is 11.8 Å². The van der Waals surface area contributed by atoms with Crippen LogP contribution in [0, 0.1) is 6.92 Å². The van der Waals surface area contributed by atoms with Crippen molar-refractivity contribution in [1.82, 2.24) is 24.4 Å². The Morgan fingerprint density at radius 3 is 2.39 bits per heavy atom. The summed E-state index contributed by atoms with van der Waals surface area (Å²) in [7, 11) is 1.57. The zero-order chi connectivity index (χ0) is 32.0. The molecule has 2 heterocycles. The molecule has 0 radical (unpaired) electrons. The van der Waals surface area contributed by atoms with E-state index in [1.807, 2.05) is 43.3 Å². The number of carbonyl (C=O) groups is 2. The van der Waals surface area contributed by atoms with Gasteiger partial charge < -0.3 is 19.7 Å². The second-order valence-electron chi connectivity index (χ2n) is 11.6. The monoisotopic (exact) mass is 621 g/mol. The van der Waals surface area contributed by atoms with Crippen molar-refractivity contribution in [3.05, 3.63) is 98.7 Å². The molecule has 1 atom stereocenters. The number of carbonyl (C=O) groups excluding carboxylic acids is 2. The number of benzene rings is 2. The highest BCUT2D eigenvalue weighted by Crippen LogP contribution is 2.30. The summed E-state index contributed by atoms with van der Waals surface area (Å²) in [5.74, 6) is 0.417. The third-order valence-corrected chi connectivity index (χ3v) is 7.63. The van der Waals surface area contributed by atoms with Crippen LogP contribution in [0.3, 0.4) is 0 Å². The Labute approximate surface area is 262 Å². The molecule has 0 spiro atoms. The molecule has 2 aromatic carbocycles. The second kappa shape index (κ2) is 14.0. The van der Waals surface area contributed by atoms with Gasteiger partial charge in [0, 0.05) is 24.3 Å². The number of nitrogens with zero attached hydrogens (tertiary/aromatic N) is 4. The largest absolute Gasteiger partial charge is 0.497 e. The molecule has 0 aliphatic carbocycles. The van der Waals surface area contributed by atoms with E-state index in [1.54, 1.807) is 68.5 Å². The molecule has 44 heavy (non-hydrogen) atoms. The number of ether oxygens (including phenoxy) is 2. The number of hydrogen-bond donors (Lipinski definition) is 1. The van der Waals surface area contributed by atoms with E-state index >= 15 is 0 Å². The van der Waals surface area contributed by atoms with Crippen molar-refractivity contribution in [2.75, 3.05) is 20.2 Å². The number of nitrogens with one attached hydrogen (secondary N) is 1. The molecule has 0 saturated carbocycles. The van der Waals surface area contributed by atoms with E-state index in [0.29, 0.717) is 59.2 Å². The van der Waals surface area contributed by atoms with Gasteiger partial charge in [0.25, 0.3) is 5.91 Å². The van der Waals surface area contributed by atoms with E-state index in [1.165, 1.54) is 4.52 Å². The third kappa shape index (κ3) is 7.60. The lowest BCUT2D eigenvalue weighted by molar-refractivity contribution is 0.0523. The van der Waals surface area contributed by atoms with Crippen LogP contribution in [0.5, 0.6) is 5.75 Å². The van der Waals surface area contributed by atoms with E-state index in [2.05, 4.69) is 10.4 Å². The molecule has 4 aromatic rings.